The third-order valence-electron chi connectivity index (χ3n) is 5.46. The Morgan fingerprint density at radius 2 is 1.85 bits per heavy atom. The molecule has 0 fully saturated rings. The molecule has 0 unspecified atom stereocenters. The van der Waals surface area contributed by atoms with E-state index >= 15 is 0 Å². The van der Waals surface area contributed by atoms with Crippen LogP contribution in [0.15, 0.2) is 60.7 Å². The first-order valence-corrected chi connectivity index (χ1v) is 10.8. The van der Waals surface area contributed by atoms with Gasteiger partial charge >= 0.3 is 0 Å². The van der Waals surface area contributed by atoms with Crippen LogP contribution in [0.1, 0.15) is 23.6 Å². The van der Waals surface area contributed by atoms with Crippen molar-refractivity contribution in [3.63, 3.8) is 0 Å². The number of fused-ring (bicyclic) bond motifs is 1. The molecule has 0 saturated carbocycles. The topological polar surface area (TPSA) is 67.9 Å². The molecule has 34 heavy (non-hydrogen) atoms. The van der Waals surface area contributed by atoms with Gasteiger partial charge in [-0.05, 0) is 60.5 Å². The van der Waals surface area contributed by atoms with Crippen LogP contribution in [0.4, 0.5) is 14.5 Å². The number of anilines is 1. The van der Waals surface area contributed by atoms with Gasteiger partial charge in [-0.2, -0.15) is 0 Å². The molecule has 1 aliphatic heterocycles. The Bertz CT molecular complexity index is 1210. The van der Waals surface area contributed by atoms with E-state index in [1.807, 2.05) is 12.1 Å². The lowest BCUT2D eigenvalue weighted by Gasteiger charge is -2.22. The molecule has 176 valence electrons. The fraction of sp³-hybridized carbons (Fsp3) is 0.231. The zero-order valence-electron chi connectivity index (χ0n) is 18.8. The number of hydrogen-bond acceptors (Lipinski definition) is 4. The number of hydrogen-bond donors (Lipinski definition) is 1. The smallest absolute Gasteiger partial charge is 0.263 e. The molecule has 1 aliphatic rings. The summed E-state index contributed by atoms with van der Waals surface area (Å²) in [4.78, 5) is 26.9. The maximum Gasteiger partial charge on any atom is 0.263 e. The molecule has 4 rings (SSSR count). The monoisotopic (exact) mass is 466 g/mol. The number of benzene rings is 3. The fourth-order valence-corrected chi connectivity index (χ4v) is 3.91. The number of halogens is 2. The highest BCUT2D eigenvalue weighted by molar-refractivity contribution is 5.92. The number of ether oxygens (including phenoxy) is 2. The van der Waals surface area contributed by atoms with E-state index in [0.29, 0.717) is 28.3 Å². The SMILES string of the molecule is COc1cccc(CC(=O)Nc2ccc3c(c2)CN(Cc2cc(F)cc(F)c2)C(=O)[C@H](C)O3)c1. The van der Waals surface area contributed by atoms with Crippen LogP contribution in [-0.2, 0) is 29.1 Å². The van der Waals surface area contributed by atoms with E-state index in [-0.39, 0.29) is 31.3 Å². The maximum atomic E-state index is 13.6. The summed E-state index contributed by atoms with van der Waals surface area (Å²) < 4.78 is 38.3. The molecular formula is C26H24F2N2O4. The second-order valence-electron chi connectivity index (χ2n) is 8.13. The second-order valence-corrected chi connectivity index (χ2v) is 8.13. The highest BCUT2D eigenvalue weighted by Crippen LogP contribution is 2.29. The molecule has 6 nitrogen and oxygen atoms in total. The molecule has 0 bridgehead atoms. The summed E-state index contributed by atoms with van der Waals surface area (Å²) in [5, 5.41) is 2.86. The molecule has 0 aliphatic carbocycles. The number of nitrogens with one attached hydrogen (secondary N) is 1. The van der Waals surface area contributed by atoms with E-state index in [9.17, 15) is 18.4 Å². The predicted octanol–water partition coefficient (Wildman–Crippen LogP) is 4.46. The quantitative estimate of drug-likeness (QED) is 0.582. The van der Waals surface area contributed by atoms with Gasteiger partial charge in [0, 0.05) is 30.4 Å². The van der Waals surface area contributed by atoms with Gasteiger partial charge in [0.25, 0.3) is 5.91 Å². The number of methoxy groups -OCH3 is 1. The Balaban J connectivity index is 1.51. The van der Waals surface area contributed by atoms with E-state index in [1.54, 1.807) is 44.4 Å². The lowest BCUT2D eigenvalue weighted by atomic mass is 10.1. The van der Waals surface area contributed by atoms with E-state index in [1.165, 1.54) is 17.0 Å². The zero-order chi connectivity index (χ0) is 24.2. The van der Waals surface area contributed by atoms with Gasteiger partial charge in [-0.1, -0.05) is 12.1 Å². The van der Waals surface area contributed by atoms with Gasteiger partial charge in [-0.3, -0.25) is 9.59 Å². The molecule has 0 saturated heterocycles. The lowest BCUT2D eigenvalue weighted by Crippen LogP contribution is -2.37. The van der Waals surface area contributed by atoms with Gasteiger partial charge < -0.3 is 19.7 Å². The van der Waals surface area contributed by atoms with Crippen LogP contribution in [0, 0.1) is 11.6 Å². The van der Waals surface area contributed by atoms with Crippen molar-refractivity contribution in [2.45, 2.75) is 32.5 Å². The van der Waals surface area contributed by atoms with Crippen molar-refractivity contribution in [2.75, 3.05) is 12.4 Å². The van der Waals surface area contributed by atoms with Gasteiger partial charge in [-0.15, -0.1) is 0 Å². The van der Waals surface area contributed by atoms with Gasteiger partial charge in [0.2, 0.25) is 5.91 Å². The Morgan fingerprint density at radius 3 is 2.59 bits per heavy atom. The molecular weight excluding hydrogens is 442 g/mol. The molecule has 0 aromatic heterocycles. The number of carbonyl (C=O) groups is 2. The molecule has 3 aromatic rings. The molecule has 2 amide bonds. The minimum absolute atomic E-state index is 0.0209. The number of rotatable bonds is 6. The van der Waals surface area contributed by atoms with Crippen LogP contribution in [0.25, 0.3) is 0 Å². The normalized spacial score (nSPS) is 15.2. The van der Waals surface area contributed by atoms with Crippen molar-refractivity contribution in [3.05, 3.63) is 89.0 Å². The average molecular weight is 466 g/mol. The Kier molecular flexibility index (Phi) is 6.77. The van der Waals surface area contributed by atoms with E-state index in [4.69, 9.17) is 9.47 Å². The predicted molar refractivity (Wildman–Crippen MR) is 122 cm³/mol. The van der Waals surface area contributed by atoms with Crippen LogP contribution < -0.4 is 14.8 Å². The van der Waals surface area contributed by atoms with E-state index in [0.717, 1.165) is 11.6 Å². The van der Waals surface area contributed by atoms with Crippen LogP contribution in [0.2, 0.25) is 0 Å². The third kappa shape index (κ3) is 5.51. The van der Waals surface area contributed by atoms with Gasteiger partial charge in [-0.25, -0.2) is 8.78 Å². The summed E-state index contributed by atoms with van der Waals surface area (Å²) in [5.41, 5.74) is 2.37. The van der Waals surface area contributed by atoms with Crippen LogP contribution in [0.5, 0.6) is 11.5 Å². The standard InChI is InChI=1S/C26H24F2N2O4/c1-16-26(32)30(14-18-8-20(27)13-21(28)9-18)15-19-12-22(6-7-24(19)34-16)29-25(31)11-17-4-3-5-23(10-17)33-2/h3-10,12-13,16H,11,14-15H2,1-2H3,(H,29,31)/t16-/m0/s1. The van der Waals surface area contributed by atoms with Crippen molar-refractivity contribution in [1.82, 2.24) is 4.90 Å². The number of amides is 2. The largest absolute Gasteiger partial charge is 0.497 e. The number of nitrogens with zero attached hydrogens (tertiary/aromatic N) is 1. The Morgan fingerprint density at radius 1 is 1.09 bits per heavy atom. The summed E-state index contributed by atoms with van der Waals surface area (Å²) in [5.74, 6) is -0.737. The summed E-state index contributed by atoms with van der Waals surface area (Å²) in [7, 11) is 1.57. The molecule has 8 heteroatoms. The molecule has 0 spiro atoms. The molecule has 1 heterocycles. The zero-order valence-corrected chi connectivity index (χ0v) is 18.8. The van der Waals surface area contributed by atoms with Gasteiger partial charge in [0.15, 0.2) is 6.10 Å². The van der Waals surface area contributed by atoms with E-state index in [2.05, 4.69) is 5.32 Å². The molecule has 1 atom stereocenters. The van der Waals surface area contributed by atoms with Gasteiger partial charge in [0.05, 0.1) is 13.5 Å². The first-order valence-electron chi connectivity index (χ1n) is 10.8. The highest BCUT2D eigenvalue weighted by Gasteiger charge is 2.28. The lowest BCUT2D eigenvalue weighted by molar-refractivity contribution is -0.138. The van der Waals surface area contributed by atoms with Crippen molar-refractivity contribution < 1.29 is 27.8 Å². The van der Waals surface area contributed by atoms with Crippen LogP contribution in [-0.4, -0.2) is 29.9 Å². The molecule has 0 radical (unpaired) electrons. The Labute approximate surface area is 196 Å². The van der Waals surface area contributed by atoms with Crippen LogP contribution >= 0.6 is 0 Å². The van der Waals surface area contributed by atoms with Crippen molar-refractivity contribution in [1.29, 1.82) is 0 Å². The first-order chi connectivity index (χ1) is 16.3. The second kappa shape index (κ2) is 9.91. The summed E-state index contributed by atoms with van der Waals surface area (Å²) in [6, 6.07) is 15.6. The Hall–Kier alpha value is -3.94. The average Bonchev–Trinajstić information content (AvgIpc) is 2.89. The first kappa shape index (κ1) is 23.2. The van der Waals surface area contributed by atoms with E-state index < -0.39 is 17.7 Å². The highest BCUT2D eigenvalue weighted by atomic mass is 19.1. The summed E-state index contributed by atoms with van der Waals surface area (Å²) in [6.45, 7) is 1.81. The minimum atomic E-state index is -0.770. The van der Waals surface area contributed by atoms with Crippen molar-refractivity contribution in [2.24, 2.45) is 0 Å². The summed E-state index contributed by atoms with van der Waals surface area (Å²) >= 11 is 0. The maximum absolute atomic E-state index is 13.6. The molecule has 3 aromatic carbocycles. The van der Waals surface area contributed by atoms with Gasteiger partial charge in [0.1, 0.15) is 23.1 Å². The number of carbonyl (C=O) groups excluding carboxylic acids is 2. The minimum Gasteiger partial charge on any atom is -0.497 e. The van der Waals surface area contributed by atoms with Crippen molar-refractivity contribution >= 4 is 17.5 Å². The third-order valence-corrected chi connectivity index (χ3v) is 5.46. The van der Waals surface area contributed by atoms with Crippen LogP contribution in [0.3, 0.4) is 0 Å². The fourth-order valence-electron chi connectivity index (χ4n) is 3.91. The molecule has 1 N–H and O–H groups in total. The van der Waals surface area contributed by atoms with Crippen molar-refractivity contribution in [3.8, 4) is 11.5 Å². The summed E-state index contributed by atoms with van der Waals surface area (Å²) in [6.07, 6.45) is -0.606.